The van der Waals surface area contributed by atoms with Crippen LogP contribution in [0.4, 0.5) is 0 Å². The summed E-state index contributed by atoms with van der Waals surface area (Å²) >= 11 is 0. The van der Waals surface area contributed by atoms with Gasteiger partial charge in [0.25, 0.3) is 0 Å². The van der Waals surface area contributed by atoms with Gasteiger partial charge >= 0.3 is 11.9 Å². The maximum atomic E-state index is 11.9. The minimum Gasteiger partial charge on any atom is -0.432 e. The van der Waals surface area contributed by atoms with E-state index in [1.807, 2.05) is 12.1 Å². The maximum absolute atomic E-state index is 11.9. The summed E-state index contributed by atoms with van der Waals surface area (Å²) in [5, 5.41) is 0. The molecule has 0 radical (unpaired) electrons. The maximum Gasteiger partial charge on any atom is 0.340 e. The highest BCUT2D eigenvalue weighted by Crippen LogP contribution is 2.23. The number of carbonyl (C=O) groups excluding carboxylic acids is 2. The molecule has 1 fully saturated rings. The lowest BCUT2D eigenvalue weighted by Crippen LogP contribution is -2.22. The lowest BCUT2D eigenvalue weighted by atomic mass is 10.2. The smallest absolute Gasteiger partial charge is 0.340 e. The number of hydrogen-bond donors (Lipinski definition) is 0. The van der Waals surface area contributed by atoms with Gasteiger partial charge in [0.15, 0.2) is 0 Å². The first kappa shape index (κ1) is 15.2. The van der Waals surface area contributed by atoms with Gasteiger partial charge in [-0.2, -0.15) is 0 Å². The average Bonchev–Trinajstić information content (AvgIpc) is 3.03. The van der Waals surface area contributed by atoms with Crippen LogP contribution >= 0.6 is 0 Å². The van der Waals surface area contributed by atoms with Gasteiger partial charge in [-0.3, -0.25) is 0 Å². The summed E-state index contributed by atoms with van der Waals surface area (Å²) < 4.78 is 16.0. The van der Waals surface area contributed by atoms with Crippen LogP contribution in [-0.4, -0.2) is 24.5 Å². The Bertz CT molecular complexity index is 609. The number of carbonyl (C=O) groups is 2. The van der Waals surface area contributed by atoms with E-state index < -0.39 is 24.5 Å². The van der Waals surface area contributed by atoms with Crippen LogP contribution in [0.2, 0.25) is 0 Å². The molecule has 3 rings (SSSR count). The number of rotatable bonds is 4. The summed E-state index contributed by atoms with van der Waals surface area (Å²) in [6, 6.07) is 17.4. The van der Waals surface area contributed by atoms with Crippen molar-refractivity contribution in [1.82, 2.24) is 0 Å². The zero-order valence-electron chi connectivity index (χ0n) is 12.4. The van der Waals surface area contributed by atoms with Crippen molar-refractivity contribution in [3.63, 3.8) is 0 Å². The predicted molar refractivity (Wildman–Crippen MR) is 81.6 cm³/mol. The molecule has 0 N–H and O–H groups in total. The van der Waals surface area contributed by atoms with Crippen molar-refractivity contribution in [2.24, 2.45) is 0 Å². The standard InChI is InChI=1S/C18H16O5/c19-17(13-7-3-1-4-8-13)22-15-11-12-16(21-15)23-18(20)14-9-5-2-6-10-14/h1-10,15-16H,11-12H2/t15-,16+. The number of benzene rings is 2. The van der Waals surface area contributed by atoms with Crippen LogP contribution in [0.5, 0.6) is 0 Å². The Morgan fingerprint density at radius 2 is 1.13 bits per heavy atom. The second-order valence-corrected chi connectivity index (χ2v) is 5.12. The first-order chi connectivity index (χ1) is 11.2. The average molecular weight is 312 g/mol. The number of ether oxygens (including phenoxy) is 3. The van der Waals surface area contributed by atoms with Gasteiger partial charge in [0.05, 0.1) is 11.1 Å². The molecule has 1 heterocycles. The summed E-state index contributed by atoms with van der Waals surface area (Å²) in [6.07, 6.45) is -0.413. The Kier molecular flexibility index (Phi) is 4.68. The van der Waals surface area contributed by atoms with E-state index in [0.29, 0.717) is 24.0 Å². The Morgan fingerprint density at radius 1 is 0.739 bits per heavy atom. The molecule has 0 bridgehead atoms. The first-order valence-electron chi connectivity index (χ1n) is 7.40. The highest BCUT2D eigenvalue weighted by atomic mass is 16.8. The quantitative estimate of drug-likeness (QED) is 0.812. The molecule has 118 valence electrons. The van der Waals surface area contributed by atoms with Crippen molar-refractivity contribution in [2.45, 2.75) is 25.4 Å². The molecule has 1 aliphatic heterocycles. The largest absolute Gasteiger partial charge is 0.432 e. The predicted octanol–water partition coefficient (Wildman–Crippen LogP) is 3.16. The molecule has 1 saturated heterocycles. The van der Waals surface area contributed by atoms with Crippen LogP contribution in [0.1, 0.15) is 33.6 Å². The van der Waals surface area contributed by atoms with Crippen molar-refractivity contribution in [2.75, 3.05) is 0 Å². The van der Waals surface area contributed by atoms with E-state index in [9.17, 15) is 9.59 Å². The Morgan fingerprint density at radius 3 is 1.52 bits per heavy atom. The van der Waals surface area contributed by atoms with E-state index >= 15 is 0 Å². The Balaban J connectivity index is 1.51. The molecule has 0 spiro atoms. The van der Waals surface area contributed by atoms with Gasteiger partial charge in [-0.25, -0.2) is 9.59 Å². The molecule has 5 heteroatoms. The third-order valence-electron chi connectivity index (χ3n) is 3.44. The fraction of sp³-hybridized carbons (Fsp3) is 0.222. The van der Waals surface area contributed by atoms with Crippen molar-refractivity contribution in [1.29, 1.82) is 0 Å². The Hall–Kier alpha value is -2.66. The van der Waals surface area contributed by atoms with Gasteiger partial charge in [0.2, 0.25) is 12.6 Å². The van der Waals surface area contributed by atoms with Crippen molar-refractivity contribution < 1.29 is 23.8 Å². The molecule has 0 amide bonds. The van der Waals surface area contributed by atoms with Crippen LogP contribution < -0.4 is 0 Å². The molecule has 1 aliphatic rings. The van der Waals surface area contributed by atoms with Crippen LogP contribution in [0, 0.1) is 0 Å². The van der Waals surface area contributed by atoms with E-state index in [1.165, 1.54) is 0 Å². The van der Waals surface area contributed by atoms with Gasteiger partial charge < -0.3 is 14.2 Å². The SMILES string of the molecule is O=C(O[C@H]1CC[C@@H](OC(=O)c2ccccc2)O1)c1ccccc1. The van der Waals surface area contributed by atoms with Gasteiger partial charge in [-0.15, -0.1) is 0 Å². The van der Waals surface area contributed by atoms with Gasteiger partial charge in [0, 0.05) is 12.8 Å². The fourth-order valence-corrected chi connectivity index (χ4v) is 2.27. The zero-order chi connectivity index (χ0) is 16.1. The Labute approximate surface area is 133 Å². The summed E-state index contributed by atoms with van der Waals surface area (Å²) in [5.74, 6) is -0.906. The van der Waals surface area contributed by atoms with Gasteiger partial charge in [-0.1, -0.05) is 36.4 Å². The van der Waals surface area contributed by atoms with Crippen LogP contribution in [-0.2, 0) is 14.2 Å². The van der Waals surface area contributed by atoms with E-state index in [2.05, 4.69) is 0 Å². The van der Waals surface area contributed by atoms with Crippen molar-refractivity contribution in [3.8, 4) is 0 Å². The highest BCUT2D eigenvalue weighted by Gasteiger charge is 2.31. The third-order valence-corrected chi connectivity index (χ3v) is 3.44. The molecule has 0 saturated carbocycles. The van der Waals surface area contributed by atoms with Crippen molar-refractivity contribution >= 4 is 11.9 Å². The normalized spacial score (nSPS) is 20.0. The van der Waals surface area contributed by atoms with Gasteiger partial charge in [0.1, 0.15) is 0 Å². The molecular formula is C18H16O5. The minimum atomic E-state index is -0.698. The molecule has 23 heavy (non-hydrogen) atoms. The first-order valence-corrected chi connectivity index (χ1v) is 7.40. The van der Waals surface area contributed by atoms with Crippen molar-refractivity contribution in [3.05, 3.63) is 71.8 Å². The second-order valence-electron chi connectivity index (χ2n) is 5.12. The number of hydrogen-bond acceptors (Lipinski definition) is 5. The zero-order valence-corrected chi connectivity index (χ0v) is 12.4. The lowest BCUT2D eigenvalue weighted by Gasteiger charge is -2.15. The second kappa shape index (κ2) is 7.07. The summed E-state index contributed by atoms with van der Waals surface area (Å²) in [6.45, 7) is 0. The van der Waals surface area contributed by atoms with Crippen LogP contribution in [0.3, 0.4) is 0 Å². The molecular weight excluding hydrogens is 296 g/mol. The molecule has 0 unspecified atom stereocenters. The summed E-state index contributed by atoms with van der Waals surface area (Å²) in [4.78, 5) is 23.9. The molecule has 2 aromatic rings. The van der Waals surface area contributed by atoms with Gasteiger partial charge in [-0.05, 0) is 24.3 Å². The topological polar surface area (TPSA) is 61.8 Å². The van der Waals surface area contributed by atoms with E-state index in [1.54, 1.807) is 48.5 Å². The van der Waals surface area contributed by atoms with E-state index in [-0.39, 0.29) is 0 Å². The monoisotopic (exact) mass is 312 g/mol. The third kappa shape index (κ3) is 3.96. The molecule has 5 nitrogen and oxygen atoms in total. The summed E-state index contributed by atoms with van der Waals surface area (Å²) in [5.41, 5.74) is 0.918. The highest BCUT2D eigenvalue weighted by molar-refractivity contribution is 5.89. The van der Waals surface area contributed by atoms with E-state index in [0.717, 1.165) is 0 Å². The number of esters is 2. The lowest BCUT2D eigenvalue weighted by molar-refractivity contribution is -0.165. The summed E-state index contributed by atoms with van der Waals surface area (Å²) in [7, 11) is 0. The van der Waals surface area contributed by atoms with E-state index in [4.69, 9.17) is 14.2 Å². The van der Waals surface area contributed by atoms with Crippen LogP contribution in [0.25, 0.3) is 0 Å². The molecule has 0 aliphatic carbocycles. The fourth-order valence-electron chi connectivity index (χ4n) is 2.27. The molecule has 2 atom stereocenters. The molecule has 0 aromatic heterocycles. The molecule has 2 aromatic carbocycles. The minimum absolute atomic E-state index is 0.453. The van der Waals surface area contributed by atoms with Crippen LogP contribution in [0.15, 0.2) is 60.7 Å².